The molecule has 0 fully saturated rings. The first-order valence-electron chi connectivity index (χ1n) is 5.15. The molecule has 1 atom stereocenters. The minimum absolute atomic E-state index is 0.596. The van der Waals surface area contributed by atoms with E-state index < -0.39 is 0 Å². The maximum atomic E-state index is 3.57. The molecule has 0 saturated heterocycles. The van der Waals surface area contributed by atoms with Gasteiger partial charge in [-0.2, -0.15) is 0 Å². The summed E-state index contributed by atoms with van der Waals surface area (Å²) in [5.74, 6) is 0. The molecule has 84 valence electrons. The highest BCUT2D eigenvalue weighted by Gasteiger charge is 2.04. The van der Waals surface area contributed by atoms with E-state index in [1.54, 1.807) is 0 Å². The number of hydrogen-bond donors (Lipinski definition) is 0. The summed E-state index contributed by atoms with van der Waals surface area (Å²) in [5.41, 5.74) is 1.35. The van der Waals surface area contributed by atoms with Crippen molar-refractivity contribution in [2.45, 2.75) is 24.7 Å². The van der Waals surface area contributed by atoms with Gasteiger partial charge in [0.1, 0.15) is 0 Å². The van der Waals surface area contributed by atoms with Gasteiger partial charge in [0.2, 0.25) is 0 Å². The van der Waals surface area contributed by atoms with Gasteiger partial charge in [-0.25, -0.2) is 0 Å². The average molecular weight is 335 g/mol. The highest BCUT2D eigenvalue weighted by atomic mass is 79.9. The van der Waals surface area contributed by atoms with Gasteiger partial charge in [-0.05, 0) is 31.6 Å². The van der Waals surface area contributed by atoms with Gasteiger partial charge >= 0.3 is 0 Å². The third kappa shape index (κ3) is 5.14. The molecule has 0 amide bonds. The number of halogens is 2. The minimum Gasteiger partial charge on any atom is -0.302 e. The molecule has 0 spiro atoms. The molecule has 1 rings (SSSR count). The lowest BCUT2D eigenvalue weighted by Gasteiger charge is -2.18. The Bertz CT molecular complexity index is 299. The normalized spacial score (nSPS) is 13.1. The summed E-state index contributed by atoms with van der Waals surface area (Å²) in [6.07, 6.45) is 1.18. The van der Waals surface area contributed by atoms with Crippen molar-refractivity contribution < 1.29 is 0 Å². The SMILES string of the molecule is CC(Br)CCN(C)Cc1ccccc1Br. The summed E-state index contributed by atoms with van der Waals surface area (Å²) >= 11 is 7.14. The van der Waals surface area contributed by atoms with E-state index in [1.807, 2.05) is 6.07 Å². The maximum absolute atomic E-state index is 3.57. The van der Waals surface area contributed by atoms with Gasteiger partial charge in [-0.15, -0.1) is 0 Å². The zero-order chi connectivity index (χ0) is 11.3. The van der Waals surface area contributed by atoms with E-state index in [-0.39, 0.29) is 0 Å². The van der Waals surface area contributed by atoms with Crippen LogP contribution in [0, 0.1) is 0 Å². The van der Waals surface area contributed by atoms with Crippen LogP contribution in [0.4, 0.5) is 0 Å². The van der Waals surface area contributed by atoms with Gasteiger partial charge in [0.15, 0.2) is 0 Å². The van der Waals surface area contributed by atoms with E-state index in [1.165, 1.54) is 16.5 Å². The quantitative estimate of drug-likeness (QED) is 0.734. The fraction of sp³-hybridized carbons (Fsp3) is 0.500. The summed E-state index contributed by atoms with van der Waals surface area (Å²) < 4.78 is 1.20. The first-order chi connectivity index (χ1) is 7.09. The Morgan fingerprint density at radius 1 is 1.33 bits per heavy atom. The second-order valence-electron chi connectivity index (χ2n) is 3.90. The molecule has 1 unspecified atom stereocenters. The second kappa shape index (κ2) is 6.66. The predicted octanol–water partition coefficient (Wildman–Crippen LogP) is 4.05. The Morgan fingerprint density at radius 2 is 2.00 bits per heavy atom. The molecule has 1 nitrogen and oxygen atoms in total. The van der Waals surface area contributed by atoms with E-state index in [0.29, 0.717) is 4.83 Å². The van der Waals surface area contributed by atoms with Crippen LogP contribution >= 0.6 is 31.9 Å². The monoisotopic (exact) mass is 333 g/mol. The van der Waals surface area contributed by atoms with Gasteiger partial charge in [-0.3, -0.25) is 0 Å². The summed E-state index contributed by atoms with van der Waals surface area (Å²) in [7, 11) is 2.16. The molecule has 0 saturated carbocycles. The van der Waals surface area contributed by atoms with Crippen molar-refractivity contribution in [1.29, 1.82) is 0 Å². The Kier molecular flexibility index (Phi) is 5.87. The van der Waals surface area contributed by atoms with Crippen LogP contribution in [0.15, 0.2) is 28.7 Å². The van der Waals surface area contributed by atoms with Gasteiger partial charge < -0.3 is 4.90 Å². The van der Waals surface area contributed by atoms with Crippen LogP contribution in [-0.2, 0) is 6.54 Å². The largest absolute Gasteiger partial charge is 0.302 e. The smallest absolute Gasteiger partial charge is 0.0241 e. The summed E-state index contributed by atoms with van der Waals surface area (Å²) in [6, 6.07) is 8.39. The lowest BCUT2D eigenvalue weighted by atomic mass is 10.2. The van der Waals surface area contributed by atoms with Crippen molar-refractivity contribution >= 4 is 31.9 Å². The van der Waals surface area contributed by atoms with Crippen molar-refractivity contribution in [3.63, 3.8) is 0 Å². The van der Waals surface area contributed by atoms with Crippen molar-refractivity contribution in [1.82, 2.24) is 4.90 Å². The first-order valence-corrected chi connectivity index (χ1v) is 6.86. The second-order valence-corrected chi connectivity index (χ2v) is 6.32. The Balaban J connectivity index is 2.44. The van der Waals surface area contributed by atoms with Crippen molar-refractivity contribution in [3.05, 3.63) is 34.3 Å². The molecule has 1 aromatic rings. The number of alkyl halides is 1. The third-order valence-electron chi connectivity index (χ3n) is 2.31. The molecule has 0 aromatic heterocycles. The molecular weight excluding hydrogens is 318 g/mol. The van der Waals surface area contributed by atoms with Crippen LogP contribution in [0.25, 0.3) is 0 Å². The molecule has 0 heterocycles. The Morgan fingerprint density at radius 3 is 2.60 bits per heavy atom. The van der Waals surface area contributed by atoms with Crippen molar-refractivity contribution in [3.8, 4) is 0 Å². The summed E-state index contributed by atoms with van der Waals surface area (Å²) in [5, 5.41) is 0. The first kappa shape index (κ1) is 13.2. The van der Waals surface area contributed by atoms with Crippen LogP contribution in [-0.4, -0.2) is 23.3 Å². The fourth-order valence-electron chi connectivity index (χ4n) is 1.39. The van der Waals surface area contributed by atoms with Crippen LogP contribution in [0.2, 0.25) is 0 Å². The maximum Gasteiger partial charge on any atom is 0.0241 e. The van der Waals surface area contributed by atoms with Crippen LogP contribution < -0.4 is 0 Å². The van der Waals surface area contributed by atoms with Gasteiger partial charge in [-0.1, -0.05) is 57.0 Å². The molecule has 0 aliphatic rings. The molecule has 1 aromatic carbocycles. The van der Waals surface area contributed by atoms with Crippen LogP contribution in [0.5, 0.6) is 0 Å². The van der Waals surface area contributed by atoms with Gasteiger partial charge in [0.05, 0.1) is 0 Å². The zero-order valence-electron chi connectivity index (χ0n) is 9.21. The van der Waals surface area contributed by atoms with E-state index in [2.05, 4.69) is 68.9 Å². The fourth-order valence-corrected chi connectivity index (χ4v) is 2.01. The topological polar surface area (TPSA) is 3.24 Å². The Hall–Kier alpha value is 0.140. The zero-order valence-corrected chi connectivity index (χ0v) is 12.4. The van der Waals surface area contributed by atoms with E-state index in [4.69, 9.17) is 0 Å². The number of benzene rings is 1. The molecule has 15 heavy (non-hydrogen) atoms. The molecule has 0 bridgehead atoms. The number of nitrogens with zero attached hydrogens (tertiary/aromatic N) is 1. The van der Waals surface area contributed by atoms with Crippen LogP contribution in [0.1, 0.15) is 18.9 Å². The van der Waals surface area contributed by atoms with Gasteiger partial charge in [0.25, 0.3) is 0 Å². The number of hydrogen-bond acceptors (Lipinski definition) is 1. The minimum atomic E-state index is 0.596. The van der Waals surface area contributed by atoms with Crippen LogP contribution in [0.3, 0.4) is 0 Å². The Labute approximate surface area is 109 Å². The third-order valence-corrected chi connectivity index (χ3v) is 3.54. The standard InChI is InChI=1S/C12H17Br2N/c1-10(13)7-8-15(2)9-11-5-3-4-6-12(11)14/h3-6,10H,7-9H2,1-2H3. The van der Waals surface area contributed by atoms with Crippen molar-refractivity contribution in [2.75, 3.05) is 13.6 Å². The average Bonchev–Trinajstić information content (AvgIpc) is 2.18. The highest BCUT2D eigenvalue weighted by Crippen LogP contribution is 2.17. The predicted molar refractivity (Wildman–Crippen MR) is 73.5 cm³/mol. The molecule has 3 heteroatoms. The summed E-state index contributed by atoms with van der Waals surface area (Å²) in [4.78, 5) is 2.94. The molecule has 0 N–H and O–H groups in total. The van der Waals surface area contributed by atoms with E-state index >= 15 is 0 Å². The highest BCUT2D eigenvalue weighted by molar-refractivity contribution is 9.10. The van der Waals surface area contributed by atoms with Gasteiger partial charge in [0, 0.05) is 15.8 Å². The van der Waals surface area contributed by atoms with E-state index in [0.717, 1.165) is 13.1 Å². The lowest BCUT2D eigenvalue weighted by molar-refractivity contribution is 0.322. The number of rotatable bonds is 5. The molecule has 0 radical (unpaired) electrons. The van der Waals surface area contributed by atoms with Crippen molar-refractivity contribution in [2.24, 2.45) is 0 Å². The van der Waals surface area contributed by atoms with E-state index in [9.17, 15) is 0 Å². The lowest BCUT2D eigenvalue weighted by Crippen LogP contribution is -2.20. The molecule has 0 aliphatic heterocycles. The molecular formula is C12H17Br2N. The molecule has 0 aliphatic carbocycles. The summed E-state index contributed by atoms with van der Waals surface area (Å²) in [6.45, 7) is 4.31.